The Labute approximate surface area is 264 Å². The van der Waals surface area contributed by atoms with Crippen molar-refractivity contribution in [1.82, 2.24) is 14.7 Å². The number of likely N-dealkylation sites (tertiary alicyclic amines) is 1. The highest BCUT2D eigenvalue weighted by Gasteiger charge is 2.21. The number of aryl methyl sites for hydroxylation is 5. The summed E-state index contributed by atoms with van der Waals surface area (Å²) in [6, 6.07) is 19.6. The molecule has 0 bridgehead atoms. The third-order valence-corrected chi connectivity index (χ3v) is 7.68. The van der Waals surface area contributed by atoms with Crippen molar-refractivity contribution in [3.05, 3.63) is 126 Å². The van der Waals surface area contributed by atoms with E-state index in [4.69, 9.17) is 0 Å². The van der Waals surface area contributed by atoms with E-state index in [1.54, 1.807) is 0 Å². The Morgan fingerprint density at radius 2 is 1.56 bits per heavy atom. The Balaban J connectivity index is 0.000000400. The van der Waals surface area contributed by atoms with Crippen molar-refractivity contribution in [1.29, 1.82) is 0 Å². The molecule has 3 aromatic rings. The maximum atomic E-state index is 4.61. The van der Waals surface area contributed by atoms with Gasteiger partial charge in [0.15, 0.2) is 0 Å². The van der Waals surface area contributed by atoms with Crippen LogP contribution in [0.25, 0.3) is 0 Å². The number of nitrogens with two attached hydrogens (primary N) is 1. The molecule has 0 radical (unpaired) electrons. The number of aromatic nitrogens is 2. The average Bonchev–Trinajstić information content (AvgIpc) is 3.30. The van der Waals surface area contributed by atoms with E-state index in [0.717, 1.165) is 37.4 Å². The van der Waals surface area contributed by atoms with E-state index >= 15 is 0 Å². The number of rotatable bonds is 8. The van der Waals surface area contributed by atoms with Gasteiger partial charge >= 0.3 is 0 Å². The summed E-state index contributed by atoms with van der Waals surface area (Å²) in [7, 11) is 0. The molecule has 1 fully saturated rings. The molecule has 2 heterocycles. The maximum absolute atomic E-state index is 4.61. The molecular weight excluding hydrogens is 524 g/mol. The van der Waals surface area contributed by atoms with Crippen LogP contribution in [0.15, 0.2) is 92.8 Å². The molecule has 2 N–H and O–H groups in total. The zero-order chi connectivity index (χ0) is 32.4. The topological polar surface area (TPSA) is 47.1 Å². The number of hydrogen-bond donors (Lipinski definition) is 1. The van der Waals surface area contributed by atoms with Gasteiger partial charge in [0.1, 0.15) is 0 Å². The molecule has 1 aliphatic rings. The van der Waals surface area contributed by atoms with Gasteiger partial charge in [0, 0.05) is 24.5 Å². The molecule has 43 heavy (non-hydrogen) atoms. The molecule has 1 aromatic heterocycles. The van der Waals surface area contributed by atoms with E-state index in [2.05, 4.69) is 150 Å². The smallest absolute Gasteiger partial charge is 0.0665 e. The van der Waals surface area contributed by atoms with Gasteiger partial charge in [-0.05, 0) is 93.2 Å². The molecule has 0 saturated carbocycles. The van der Waals surface area contributed by atoms with Crippen LogP contribution in [0, 0.1) is 32.1 Å². The van der Waals surface area contributed by atoms with Crippen molar-refractivity contribution >= 4 is 0 Å². The van der Waals surface area contributed by atoms with Gasteiger partial charge in [0.05, 0.1) is 12.2 Å². The zero-order valence-corrected chi connectivity index (χ0v) is 28.5. The summed E-state index contributed by atoms with van der Waals surface area (Å²) < 4.78 is 2.11. The van der Waals surface area contributed by atoms with Crippen molar-refractivity contribution < 1.29 is 0 Å². The Hall–Kier alpha value is -3.53. The third kappa shape index (κ3) is 14.5. The van der Waals surface area contributed by atoms with Crippen LogP contribution in [-0.2, 0) is 19.4 Å². The summed E-state index contributed by atoms with van der Waals surface area (Å²) in [6.07, 6.45) is 8.59. The number of nitrogens with zero attached hydrogens (tertiary/aromatic N) is 3. The number of allylic oxidation sites excluding steroid dienone is 1. The van der Waals surface area contributed by atoms with E-state index in [0.29, 0.717) is 5.41 Å². The fourth-order valence-electron chi connectivity index (χ4n) is 5.45. The minimum absolute atomic E-state index is 0.374. The first kappa shape index (κ1) is 37.5. The van der Waals surface area contributed by atoms with E-state index < -0.39 is 0 Å². The molecule has 0 amide bonds. The van der Waals surface area contributed by atoms with Crippen molar-refractivity contribution in [3.63, 3.8) is 0 Å². The molecule has 0 atom stereocenters. The predicted molar refractivity (Wildman–Crippen MR) is 189 cm³/mol. The van der Waals surface area contributed by atoms with Crippen LogP contribution in [0.5, 0.6) is 0 Å². The first-order valence-electron chi connectivity index (χ1n) is 15.8. The Kier molecular flexibility index (Phi) is 17.1. The quantitative estimate of drug-likeness (QED) is 0.268. The molecular formula is C39H60N4. The highest BCUT2D eigenvalue weighted by molar-refractivity contribution is 5.33. The summed E-state index contributed by atoms with van der Waals surface area (Å²) in [5, 5.41) is 4.61. The maximum Gasteiger partial charge on any atom is 0.0665 e. The zero-order valence-electron chi connectivity index (χ0n) is 28.5. The molecule has 0 unspecified atom stereocenters. The minimum atomic E-state index is 0.374. The first-order valence-corrected chi connectivity index (χ1v) is 15.8. The van der Waals surface area contributed by atoms with Crippen molar-refractivity contribution in [2.45, 2.75) is 93.5 Å². The number of hydrogen-bond acceptors (Lipinski definition) is 3. The predicted octanol–water partition coefficient (Wildman–Crippen LogP) is 9.59. The molecule has 1 aliphatic heterocycles. The molecule has 0 spiro atoms. The van der Waals surface area contributed by atoms with Crippen molar-refractivity contribution in [2.24, 2.45) is 17.1 Å². The fourth-order valence-corrected chi connectivity index (χ4v) is 5.45. The SMILES string of the molecule is C=C.C=C(CC(C)(C)C)N1CCC(CC)CC1.C=CN.Cc1ccc(CCc2ccccc2)c(Cn2nc(C)cc2C)c1. The van der Waals surface area contributed by atoms with E-state index in [1.165, 1.54) is 72.2 Å². The summed E-state index contributed by atoms with van der Waals surface area (Å²) in [6.45, 7) is 32.2. The van der Waals surface area contributed by atoms with Gasteiger partial charge in [0.2, 0.25) is 0 Å². The summed E-state index contributed by atoms with van der Waals surface area (Å²) in [4.78, 5) is 2.50. The molecule has 236 valence electrons. The lowest BCUT2D eigenvalue weighted by atomic mass is 9.89. The van der Waals surface area contributed by atoms with Gasteiger partial charge in [0.25, 0.3) is 0 Å². The van der Waals surface area contributed by atoms with Gasteiger partial charge in [-0.2, -0.15) is 5.10 Å². The third-order valence-electron chi connectivity index (χ3n) is 7.68. The molecule has 4 rings (SSSR count). The second-order valence-corrected chi connectivity index (χ2v) is 12.7. The summed E-state index contributed by atoms with van der Waals surface area (Å²) >= 11 is 0. The van der Waals surface area contributed by atoms with Crippen LogP contribution in [0.4, 0.5) is 0 Å². The van der Waals surface area contributed by atoms with Gasteiger partial charge < -0.3 is 10.6 Å². The Morgan fingerprint density at radius 3 is 2.07 bits per heavy atom. The van der Waals surface area contributed by atoms with Crippen LogP contribution < -0.4 is 5.73 Å². The Morgan fingerprint density at radius 1 is 0.953 bits per heavy atom. The molecule has 4 nitrogen and oxygen atoms in total. The first-order chi connectivity index (χ1) is 20.4. The van der Waals surface area contributed by atoms with Crippen LogP contribution >= 0.6 is 0 Å². The van der Waals surface area contributed by atoms with Crippen LogP contribution in [0.3, 0.4) is 0 Å². The molecule has 0 aliphatic carbocycles. The van der Waals surface area contributed by atoms with E-state index in [9.17, 15) is 0 Å². The summed E-state index contributed by atoms with van der Waals surface area (Å²) in [5.74, 6) is 0.962. The molecule has 2 aromatic carbocycles. The van der Waals surface area contributed by atoms with E-state index in [-0.39, 0.29) is 0 Å². The van der Waals surface area contributed by atoms with Gasteiger partial charge in [-0.3, -0.25) is 4.68 Å². The summed E-state index contributed by atoms with van der Waals surface area (Å²) in [5.41, 5.74) is 14.1. The highest BCUT2D eigenvalue weighted by Crippen LogP contribution is 2.29. The van der Waals surface area contributed by atoms with Crippen molar-refractivity contribution in [3.8, 4) is 0 Å². The minimum Gasteiger partial charge on any atom is -0.405 e. The normalized spacial score (nSPS) is 13.0. The highest BCUT2D eigenvalue weighted by atomic mass is 15.3. The van der Waals surface area contributed by atoms with E-state index in [1.807, 2.05) is 0 Å². The lowest BCUT2D eigenvalue weighted by Gasteiger charge is -2.36. The van der Waals surface area contributed by atoms with Gasteiger partial charge in [-0.15, -0.1) is 13.2 Å². The van der Waals surface area contributed by atoms with Crippen LogP contribution in [-0.4, -0.2) is 27.8 Å². The average molecular weight is 585 g/mol. The second kappa shape index (κ2) is 19.6. The molecule has 4 heteroatoms. The van der Waals surface area contributed by atoms with Crippen LogP contribution in [0.2, 0.25) is 0 Å². The van der Waals surface area contributed by atoms with Crippen LogP contribution in [0.1, 0.15) is 87.0 Å². The standard InChI is InChI=1S/C21H24N2.C14H27N.C2H5N.C2H4/c1-16-9-11-20(12-10-19-7-5-4-6-8-19)21(13-16)15-23-18(3)14-17(2)22-23;1-6-13-7-9-15(10-8-13)12(2)11-14(3,4)5;1-2-3;1-2/h4-9,11,13-14H,10,12,15H2,1-3H3;13H,2,6-11H2,1,3-5H3;2H,1,3H2;1-2H2. The number of benzene rings is 2. The Bertz CT molecular complexity index is 1210. The lowest BCUT2D eigenvalue weighted by Crippen LogP contribution is -2.33. The second-order valence-electron chi connectivity index (χ2n) is 12.7. The fraction of sp³-hybridized carbons (Fsp3) is 0.462. The molecule has 1 saturated heterocycles. The lowest BCUT2D eigenvalue weighted by molar-refractivity contribution is 0.205. The largest absolute Gasteiger partial charge is 0.405 e. The van der Waals surface area contributed by atoms with Crippen molar-refractivity contribution in [2.75, 3.05) is 13.1 Å². The van der Waals surface area contributed by atoms with Gasteiger partial charge in [-0.25, -0.2) is 0 Å². The van der Waals surface area contributed by atoms with Gasteiger partial charge in [-0.1, -0.05) is 101 Å². The number of piperidine rings is 1. The monoisotopic (exact) mass is 584 g/mol.